The SMILES string of the molecule is C=Cc1ccccc1[C@H]1[C@@H]2CCC(=O)N2CCN1C(=O)N(C)[C@H](C)c1cc(C)cc(C(F)(F)F)c1. The van der Waals surface area contributed by atoms with Gasteiger partial charge >= 0.3 is 12.2 Å². The van der Waals surface area contributed by atoms with E-state index in [9.17, 15) is 22.8 Å². The zero-order valence-electron chi connectivity index (χ0n) is 20.2. The number of nitrogens with zero attached hydrogens (tertiary/aromatic N) is 3. The highest BCUT2D eigenvalue weighted by molar-refractivity contribution is 5.81. The predicted octanol–water partition coefficient (Wildman–Crippen LogP) is 5.82. The number of benzene rings is 2. The van der Waals surface area contributed by atoms with Crippen LogP contribution in [0.1, 0.15) is 59.7 Å². The Hall–Kier alpha value is -3.29. The second-order valence-corrected chi connectivity index (χ2v) is 9.36. The summed E-state index contributed by atoms with van der Waals surface area (Å²) in [5, 5.41) is 0. The minimum absolute atomic E-state index is 0.0874. The van der Waals surface area contributed by atoms with Crippen LogP contribution in [0.25, 0.3) is 6.08 Å². The van der Waals surface area contributed by atoms with E-state index in [4.69, 9.17) is 0 Å². The molecular formula is C27H30F3N3O2. The van der Waals surface area contributed by atoms with Crippen LogP contribution in [0.2, 0.25) is 0 Å². The number of carbonyl (C=O) groups excluding carboxylic acids is 2. The largest absolute Gasteiger partial charge is 0.416 e. The van der Waals surface area contributed by atoms with Gasteiger partial charge < -0.3 is 14.7 Å². The van der Waals surface area contributed by atoms with Crippen molar-refractivity contribution in [2.24, 2.45) is 0 Å². The van der Waals surface area contributed by atoms with Gasteiger partial charge in [0.15, 0.2) is 0 Å². The first-order chi connectivity index (χ1) is 16.5. The molecule has 0 spiro atoms. The van der Waals surface area contributed by atoms with Crippen LogP contribution < -0.4 is 0 Å². The van der Waals surface area contributed by atoms with Gasteiger partial charge in [0.1, 0.15) is 0 Å². The fourth-order valence-electron chi connectivity index (χ4n) is 5.30. The van der Waals surface area contributed by atoms with Gasteiger partial charge in [0, 0.05) is 26.6 Å². The predicted molar refractivity (Wildman–Crippen MR) is 128 cm³/mol. The number of hydrogen-bond donors (Lipinski definition) is 0. The van der Waals surface area contributed by atoms with Crippen LogP contribution >= 0.6 is 0 Å². The van der Waals surface area contributed by atoms with Gasteiger partial charge in [-0.1, -0.05) is 48.6 Å². The summed E-state index contributed by atoms with van der Waals surface area (Å²) >= 11 is 0. The summed E-state index contributed by atoms with van der Waals surface area (Å²) in [6, 6.07) is 10.2. The Morgan fingerprint density at radius 3 is 2.60 bits per heavy atom. The van der Waals surface area contributed by atoms with Crippen LogP contribution in [0.5, 0.6) is 0 Å². The third-order valence-electron chi connectivity index (χ3n) is 7.23. The average molecular weight is 486 g/mol. The van der Waals surface area contributed by atoms with Gasteiger partial charge in [0.05, 0.1) is 23.7 Å². The lowest BCUT2D eigenvalue weighted by Gasteiger charge is -2.47. The maximum absolute atomic E-state index is 13.8. The molecule has 0 N–H and O–H groups in total. The van der Waals surface area contributed by atoms with Crippen LogP contribution in [-0.4, -0.2) is 52.8 Å². The van der Waals surface area contributed by atoms with Crippen molar-refractivity contribution in [1.29, 1.82) is 0 Å². The zero-order valence-corrected chi connectivity index (χ0v) is 20.2. The molecule has 0 radical (unpaired) electrons. The number of amides is 3. The highest BCUT2D eigenvalue weighted by Gasteiger charge is 2.46. The van der Waals surface area contributed by atoms with Crippen molar-refractivity contribution in [3.05, 3.63) is 76.9 Å². The number of fused-ring (bicyclic) bond motifs is 1. The van der Waals surface area contributed by atoms with E-state index in [0.29, 0.717) is 37.1 Å². The normalized spacial score (nSPS) is 21.0. The quantitative estimate of drug-likeness (QED) is 0.548. The minimum Gasteiger partial charge on any atom is -0.335 e. The van der Waals surface area contributed by atoms with Crippen molar-refractivity contribution in [2.75, 3.05) is 20.1 Å². The van der Waals surface area contributed by atoms with E-state index in [2.05, 4.69) is 6.58 Å². The van der Waals surface area contributed by atoms with Crippen molar-refractivity contribution in [2.45, 2.75) is 51.0 Å². The second kappa shape index (κ2) is 9.40. The minimum atomic E-state index is -4.46. The Morgan fingerprint density at radius 1 is 1.20 bits per heavy atom. The van der Waals surface area contributed by atoms with Gasteiger partial charge in [-0.05, 0) is 49.1 Å². The molecule has 2 heterocycles. The molecule has 186 valence electrons. The summed E-state index contributed by atoms with van der Waals surface area (Å²) in [5.74, 6) is 0.0874. The molecule has 2 aromatic carbocycles. The molecule has 2 aromatic rings. The molecule has 2 saturated heterocycles. The number of rotatable bonds is 4. The molecule has 3 amide bonds. The first kappa shape index (κ1) is 24.8. The van der Waals surface area contributed by atoms with E-state index in [0.717, 1.165) is 23.3 Å². The van der Waals surface area contributed by atoms with Gasteiger partial charge in [-0.25, -0.2) is 4.79 Å². The molecule has 0 aromatic heterocycles. The molecule has 2 aliphatic rings. The lowest BCUT2D eigenvalue weighted by atomic mass is 9.90. The number of alkyl halides is 3. The molecule has 3 atom stereocenters. The van der Waals surface area contributed by atoms with Gasteiger partial charge in [0.2, 0.25) is 5.91 Å². The summed E-state index contributed by atoms with van der Waals surface area (Å²) in [6.45, 7) is 8.04. The van der Waals surface area contributed by atoms with Crippen molar-refractivity contribution in [3.8, 4) is 0 Å². The van der Waals surface area contributed by atoms with Crippen molar-refractivity contribution < 1.29 is 22.8 Å². The van der Waals surface area contributed by atoms with Crippen LogP contribution in [-0.2, 0) is 11.0 Å². The number of urea groups is 1. The van der Waals surface area contributed by atoms with Gasteiger partial charge in [-0.3, -0.25) is 4.79 Å². The maximum atomic E-state index is 13.8. The summed E-state index contributed by atoms with van der Waals surface area (Å²) in [7, 11) is 1.62. The number of carbonyl (C=O) groups is 2. The van der Waals surface area contributed by atoms with Gasteiger partial charge in [-0.2, -0.15) is 13.2 Å². The number of aryl methyl sites for hydroxylation is 1. The summed E-state index contributed by atoms with van der Waals surface area (Å²) in [6.07, 6.45) is -1.64. The van der Waals surface area contributed by atoms with Crippen molar-refractivity contribution in [3.63, 3.8) is 0 Å². The Bertz CT molecular complexity index is 1150. The second-order valence-electron chi connectivity index (χ2n) is 9.36. The Balaban J connectivity index is 1.68. The molecule has 5 nitrogen and oxygen atoms in total. The van der Waals surface area contributed by atoms with Gasteiger partial charge in [0.25, 0.3) is 0 Å². The molecular weight excluding hydrogens is 455 g/mol. The summed E-state index contributed by atoms with van der Waals surface area (Å²) in [5.41, 5.74) is 1.98. The first-order valence-electron chi connectivity index (χ1n) is 11.8. The highest BCUT2D eigenvalue weighted by atomic mass is 19.4. The van der Waals surface area contributed by atoms with E-state index >= 15 is 0 Å². The molecule has 0 bridgehead atoms. The fraction of sp³-hybridized carbons (Fsp3) is 0.407. The molecule has 8 heteroatoms. The number of hydrogen-bond acceptors (Lipinski definition) is 2. The van der Waals surface area contributed by atoms with Crippen LogP contribution in [0, 0.1) is 6.92 Å². The Labute approximate surface area is 203 Å². The lowest BCUT2D eigenvalue weighted by Crippen LogP contribution is -2.57. The number of piperazine rings is 1. The van der Waals surface area contributed by atoms with E-state index in [1.807, 2.05) is 29.2 Å². The fourth-order valence-corrected chi connectivity index (χ4v) is 5.30. The summed E-state index contributed by atoms with van der Waals surface area (Å²) < 4.78 is 40.2. The maximum Gasteiger partial charge on any atom is 0.416 e. The van der Waals surface area contributed by atoms with Crippen molar-refractivity contribution >= 4 is 18.0 Å². The molecule has 2 fully saturated rings. The third-order valence-corrected chi connectivity index (χ3v) is 7.23. The topological polar surface area (TPSA) is 43.9 Å². The van der Waals surface area contributed by atoms with Crippen LogP contribution in [0.3, 0.4) is 0 Å². The van der Waals surface area contributed by atoms with E-state index in [-0.39, 0.29) is 24.0 Å². The van der Waals surface area contributed by atoms with Crippen LogP contribution in [0.15, 0.2) is 49.0 Å². The number of halogens is 3. The Morgan fingerprint density at radius 2 is 1.91 bits per heavy atom. The summed E-state index contributed by atoms with van der Waals surface area (Å²) in [4.78, 5) is 31.4. The molecule has 2 aliphatic heterocycles. The first-order valence-corrected chi connectivity index (χ1v) is 11.8. The zero-order chi connectivity index (χ0) is 25.5. The molecule has 4 rings (SSSR count). The van der Waals surface area contributed by atoms with E-state index < -0.39 is 17.8 Å². The smallest absolute Gasteiger partial charge is 0.335 e. The highest BCUT2D eigenvalue weighted by Crippen LogP contribution is 2.40. The molecule has 0 unspecified atom stereocenters. The van der Waals surface area contributed by atoms with Crippen LogP contribution in [0.4, 0.5) is 18.0 Å². The van der Waals surface area contributed by atoms with Crippen molar-refractivity contribution in [1.82, 2.24) is 14.7 Å². The van der Waals surface area contributed by atoms with Gasteiger partial charge in [-0.15, -0.1) is 0 Å². The molecule has 0 aliphatic carbocycles. The van der Waals surface area contributed by atoms with E-state index in [1.165, 1.54) is 4.90 Å². The standard InChI is InChI=1S/C27H30F3N3O2/c1-5-19-8-6-7-9-22(19)25-23-10-11-24(34)32(23)12-13-33(25)26(35)31(4)18(3)20-14-17(2)15-21(16-20)27(28,29)30/h5-9,14-16,18,23,25H,1,10-13H2,2-4H3/t18-,23+,25+/m1/s1. The average Bonchev–Trinajstić information content (AvgIpc) is 3.21. The Kier molecular flexibility index (Phi) is 6.66. The monoisotopic (exact) mass is 485 g/mol. The molecule has 0 saturated carbocycles. The third kappa shape index (κ3) is 4.66. The molecule has 35 heavy (non-hydrogen) atoms. The lowest BCUT2D eigenvalue weighted by molar-refractivity contribution is -0.137. The van der Waals surface area contributed by atoms with E-state index in [1.54, 1.807) is 37.9 Å².